The van der Waals surface area contributed by atoms with Crippen LogP contribution in [0.5, 0.6) is 0 Å². The van der Waals surface area contributed by atoms with Gasteiger partial charge < -0.3 is 9.72 Å². The smallest absolute Gasteiger partial charge is 0.302 e. The summed E-state index contributed by atoms with van der Waals surface area (Å²) in [7, 11) is 0. The molecule has 1 aromatic carbocycles. The lowest BCUT2D eigenvalue weighted by Gasteiger charge is -2.67. The third-order valence-corrected chi connectivity index (χ3v) is 13.9. The van der Waals surface area contributed by atoms with Crippen LogP contribution >= 0.6 is 11.6 Å². The molecule has 0 aliphatic heterocycles. The van der Waals surface area contributed by atoms with Gasteiger partial charge in [-0.05, 0) is 127 Å². The quantitative estimate of drug-likeness (QED) is 0.348. The lowest BCUT2D eigenvalue weighted by Crippen LogP contribution is -2.60. The summed E-state index contributed by atoms with van der Waals surface area (Å²) < 4.78 is 5.83. The van der Waals surface area contributed by atoms with E-state index >= 15 is 0 Å². The lowest BCUT2D eigenvalue weighted by atomic mass is 9.38. The van der Waals surface area contributed by atoms with E-state index in [1.807, 2.05) is 30.5 Å². The number of H-pyrrole nitrogens is 1. The number of aromatic nitrogens is 2. The standard InChI is InChI=1S/C38H49ClN2O3/c1-21(2)33-30(43)19-38(35-40-20-29(41-35)24-7-9-25(39)10-8-24)18-14-28-26(34(33)38)11-12-32-36(5)17-15-31(44-23(4)42)22(3)27(36)13-16-37(28,32)6/h7-10,20-22,26-28,31-32H,11-19H2,1-6H3,(H,40,41). The Morgan fingerprint density at radius 3 is 2.39 bits per heavy atom. The summed E-state index contributed by atoms with van der Waals surface area (Å²) in [6, 6.07) is 7.90. The van der Waals surface area contributed by atoms with Crippen molar-refractivity contribution in [1.29, 1.82) is 0 Å². The highest BCUT2D eigenvalue weighted by atomic mass is 35.5. The SMILES string of the molecule is CC(=O)OC1CCC2(C)C(CCC3(C)C4CCC5(c6ncc(-c7ccc(Cl)cc7)[nH]6)CC(=O)C(C(C)C)=C5C4CCC32)C1C. The summed E-state index contributed by atoms with van der Waals surface area (Å²) in [6.07, 6.45) is 11.6. The highest BCUT2D eigenvalue weighted by Crippen LogP contribution is 2.71. The number of nitrogens with one attached hydrogen (secondary N) is 1. The van der Waals surface area contributed by atoms with Crippen molar-refractivity contribution in [3.05, 3.63) is 52.5 Å². The molecule has 2 aromatic rings. The van der Waals surface area contributed by atoms with Crippen LogP contribution in [0.15, 0.2) is 41.6 Å². The van der Waals surface area contributed by atoms with Crippen LogP contribution in [-0.4, -0.2) is 27.8 Å². The molecule has 9 atom stereocenters. The van der Waals surface area contributed by atoms with Crippen molar-refractivity contribution >= 4 is 23.4 Å². The lowest BCUT2D eigenvalue weighted by molar-refractivity contribution is -0.188. The average molecular weight is 617 g/mol. The number of ketones is 1. The largest absolute Gasteiger partial charge is 0.462 e. The minimum atomic E-state index is -0.330. The zero-order chi connectivity index (χ0) is 31.2. The number of halogens is 1. The predicted octanol–water partition coefficient (Wildman–Crippen LogP) is 9.11. The van der Waals surface area contributed by atoms with Crippen molar-refractivity contribution in [3.8, 4) is 11.3 Å². The van der Waals surface area contributed by atoms with E-state index in [1.54, 1.807) is 6.92 Å². The van der Waals surface area contributed by atoms with Crippen LogP contribution in [0.3, 0.4) is 0 Å². The average Bonchev–Trinajstić information content (AvgIpc) is 3.58. The summed E-state index contributed by atoms with van der Waals surface area (Å²) in [4.78, 5) is 34.6. The van der Waals surface area contributed by atoms with Gasteiger partial charge in [-0.3, -0.25) is 9.59 Å². The van der Waals surface area contributed by atoms with E-state index in [-0.39, 0.29) is 34.2 Å². The van der Waals surface area contributed by atoms with Crippen LogP contribution in [-0.2, 0) is 19.7 Å². The highest BCUT2D eigenvalue weighted by molar-refractivity contribution is 6.30. The predicted molar refractivity (Wildman–Crippen MR) is 174 cm³/mol. The molecule has 0 saturated heterocycles. The molecule has 1 heterocycles. The minimum Gasteiger partial charge on any atom is -0.462 e. The zero-order valence-corrected chi connectivity index (χ0v) is 28.1. The number of allylic oxidation sites excluding steroid dienone is 2. The maximum Gasteiger partial charge on any atom is 0.302 e. The van der Waals surface area contributed by atoms with E-state index in [0.717, 1.165) is 59.8 Å². The van der Waals surface area contributed by atoms with Gasteiger partial charge in [-0.25, -0.2) is 4.98 Å². The number of carbonyl (C=O) groups excluding carboxylic acids is 2. The minimum absolute atomic E-state index is 0.0517. The molecule has 0 radical (unpaired) electrons. The molecule has 5 aliphatic carbocycles. The number of hydrogen-bond donors (Lipinski definition) is 1. The zero-order valence-electron chi connectivity index (χ0n) is 27.3. The molecular weight excluding hydrogens is 568 g/mol. The van der Waals surface area contributed by atoms with Crippen LogP contribution in [0.1, 0.15) is 105 Å². The Labute approximate surface area is 268 Å². The molecule has 9 unspecified atom stereocenters. The van der Waals surface area contributed by atoms with Crippen molar-refractivity contribution in [2.24, 2.45) is 46.3 Å². The van der Waals surface area contributed by atoms with Crippen LogP contribution in [0.2, 0.25) is 5.02 Å². The van der Waals surface area contributed by atoms with Gasteiger partial charge in [-0.1, -0.05) is 58.4 Å². The van der Waals surface area contributed by atoms with Crippen molar-refractivity contribution in [1.82, 2.24) is 9.97 Å². The first-order valence-corrected chi connectivity index (χ1v) is 17.5. The molecule has 4 fully saturated rings. The summed E-state index contributed by atoms with van der Waals surface area (Å²) >= 11 is 6.18. The van der Waals surface area contributed by atoms with Gasteiger partial charge in [0.15, 0.2) is 5.78 Å². The van der Waals surface area contributed by atoms with Gasteiger partial charge >= 0.3 is 5.97 Å². The maximum absolute atomic E-state index is 13.9. The van der Waals surface area contributed by atoms with E-state index in [2.05, 4.69) is 39.6 Å². The number of nitrogens with zero attached hydrogens (tertiary/aromatic N) is 1. The molecule has 0 spiro atoms. The third-order valence-electron chi connectivity index (χ3n) is 13.6. The van der Waals surface area contributed by atoms with Gasteiger partial charge in [0.05, 0.1) is 17.3 Å². The molecular formula is C38H49ClN2O3. The summed E-state index contributed by atoms with van der Waals surface area (Å²) in [5.74, 6) is 4.02. The molecule has 7 rings (SSSR count). The first-order valence-electron chi connectivity index (χ1n) is 17.2. The number of rotatable bonds is 4. The molecule has 6 heteroatoms. The third kappa shape index (κ3) is 4.34. The molecule has 1 aromatic heterocycles. The first kappa shape index (κ1) is 30.3. The van der Waals surface area contributed by atoms with Crippen molar-refractivity contribution in [3.63, 3.8) is 0 Å². The Morgan fingerprint density at radius 1 is 1.00 bits per heavy atom. The van der Waals surface area contributed by atoms with Gasteiger partial charge in [0.2, 0.25) is 0 Å². The van der Waals surface area contributed by atoms with Gasteiger partial charge in [0, 0.05) is 18.4 Å². The summed E-state index contributed by atoms with van der Waals surface area (Å²) in [5, 5.41) is 0.720. The van der Waals surface area contributed by atoms with Crippen molar-refractivity contribution in [2.45, 2.75) is 111 Å². The van der Waals surface area contributed by atoms with Gasteiger partial charge in [-0.2, -0.15) is 0 Å². The van der Waals surface area contributed by atoms with Gasteiger partial charge in [-0.15, -0.1) is 0 Å². The van der Waals surface area contributed by atoms with Crippen LogP contribution in [0.25, 0.3) is 11.3 Å². The number of Topliss-reactive ketones (excluding diaryl/α,β-unsaturated/α-hetero) is 1. The fraction of sp³-hybridized carbons (Fsp3) is 0.658. The van der Waals surface area contributed by atoms with Crippen LogP contribution in [0, 0.1) is 46.3 Å². The topological polar surface area (TPSA) is 72.0 Å². The number of hydrogen-bond acceptors (Lipinski definition) is 4. The molecule has 4 saturated carbocycles. The van der Waals surface area contributed by atoms with E-state index in [4.69, 9.17) is 21.3 Å². The molecule has 5 aliphatic rings. The van der Waals surface area contributed by atoms with Gasteiger partial charge in [0.25, 0.3) is 0 Å². The number of benzene rings is 1. The Hall–Kier alpha value is -2.40. The maximum atomic E-state index is 13.9. The van der Waals surface area contributed by atoms with Crippen molar-refractivity contribution in [2.75, 3.05) is 0 Å². The second kappa shape index (κ2) is 10.6. The molecule has 236 valence electrons. The Bertz CT molecular complexity index is 1510. The summed E-state index contributed by atoms with van der Waals surface area (Å²) in [6.45, 7) is 13.5. The molecule has 0 amide bonds. The monoisotopic (exact) mass is 616 g/mol. The second-order valence-electron chi connectivity index (χ2n) is 15.9. The number of fused-ring (bicyclic) bond motifs is 7. The second-order valence-corrected chi connectivity index (χ2v) is 16.3. The Balaban J connectivity index is 1.24. The highest BCUT2D eigenvalue weighted by Gasteiger charge is 2.65. The van der Waals surface area contributed by atoms with E-state index in [0.29, 0.717) is 41.8 Å². The van der Waals surface area contributed by atoms with Crippen molar-refractivity contribution < 1.29 is 14.3 Å². The normalized spacial score (nSPS) is 39.9. The van der Waals surface area contributed by atoms with Gasteiger partial charge in [0.1, 0.15) is 11.9 Å². The molecule has 0 bridgehead atoms. The fourth-order valence-electron chi connectivity index (χ4n) is 11.9. The number of ether oxygens (including phenoxy) is 1. The number of esters is 1. The number of imidazole rings is 1. The number of carbonyl (C=O) groups is 2. The molecule has 44 heavy (non-hydrogen) atoms. The van der Waals surface area contributed by atoms with E-state index < -0.39 is 0 Å². The van der Waals surface area contributed by atoms with E-state index in [9.17, 15) is 9.59 Å². The Kier molecular flexibility index (Phi) is 7.27. The molecule has 1 N–H and O–H groups in total. The Morgan fingerprint density at radius 2 is 1.68 bits per heavy atom. The van der Waals surface area contributed by atoms with Crippen LogP contribution in [0.4, 0.5) is 0 Å². The van der Waals surface area contributed by atoms with Crippen LogP contribution < -0.4 is 0 Å². The van der Waals surface area contributed by atoms with E-state index in [1.165, 1.54) is 24.8 Å². The fourth-order valence-corrected chi connectivity index (χ4v) is 12.0. The number of aromatic amines is 1. The molecule has 5 nitrogen and oxygen atoms in total. The summed E-state index contributed by atoms with van der Waals surface area (Å²) in [5.41, 5.74) is 4.76. The first-order chi connectivity index (χ1) is 20.9.